The van der Waals surface area contributed by atoms with E-state index >= 15 is 0 Å². The highest BCUT2D eigenvalue weighted by Gasteiger charge is 2.20. The maximum absolute atomic E-state index is 12.7. The molecule has 5 aromatic rings. The lowest BCUT2D eigenvalue weighted by molar-refractivity contribution is -0.384. The number of aryl methyl sites for hydroxylation is 1. The van der Waals surface area contributed by atoms with E-state index in [0.29, 0.717) is 34.0 Å². The van der Waals surface area contributed by atoms with Crippen molar-refractivity contribution in [1.82, 2.24) is 10.3 Å². The van der Waals surface area contributed by atoms with Crippen LogP contribution in [0.15, 0.2) is 81.6 Å². The summed E-state index contributed by atoms with van der Waals surface area (Å²) in [5, 5.41) is 16.9. The maximum Gasteiger partial charge on any atom is 0.293 e. The van der Waals surface area contributed by atoms with Crippen LogP contribution in [0.1, 0.15) is 16.1 Å². The first-order valence-corrected chi connectivity index (χ1v) is 11.7. The Balaban J connectivity index is 1.31. The summed E-state index contributed by atoms with van der Waals surface area (Å²) in [5.41, 5.74) is 3.66. The third kappa shape index (κ3) is 4.95. The van der Waals surface area contributed by atoms with Crippen molar-refractivity contribution in [3.8, 4) is 28.5 Å². The summed E-state index contributed by atoms with van der Waals surface area (Å²) in [6.07, 6.45) is 0. The van der Waals surface area contributed by atoms with Crippen LogP contribution in [-0.4, -0.2) is 28.0 Å². The van der Waals surface area contributed by atoms with Gasteiger partial charge in [0.05, 0.1) is 17.6 Å². The first kappa shape index (κ1) is 24.7. The SMILES string of the molecule is COc1ccc2oc(-c3ccc(C)c(NC(=S)NC(=O)c4ccc(-c5ccccc5[N+](=O)[O-])o4)c3)nc2c1. The molecule has 3 aromatic carbocycles. The fraction of sp³-hybridized carbons (Fsp3) is 0.0741. The molecule has 0 atom stereocenters. The van der Waals surface area contributed by atoms with E-state index in [0.717, 1.165) is 5.56 Å². The molecule has 2 aromatic heterocycles. The Morgan fingerprint density at radius 2 is 1.87 bits per heavy atom. The van der Waals surface area contributed by atoms with Gasteiger partial charge in [-0.25, -0.2) is 4.98 Å². The molecule has 0 saturated carbocycles. The van der Waals surface area contributed by atoms with E-state index in [1.165, 1.54) is 18.2 Å². The zero-order valence-electron chi connectivity index (χ0n) is 20.2. The number of amides is 1. The summed E-state index contributed by atoms with van der Waals surface area (Å²) < 4.78 is 16.7. The lowest BCUT2D eigenvalue weighted by Crippen LogP contribution is -2.34. The highest BCUT2D eigenvalue weighted by Crippen LogP contribution is 2.31. The van der Waals surface area contributed by atoms with Gasteiger partial charge in [-0.05, 0) is 67.2 Å². The fourth-order valence-electron chi connectivity index (χ4n) is 3.81. The van der Waals surface area contributed by atoms with Gasteiger partial charge in [0.2, 0.25) is 5.89 Å². The van der Waals surface area contributed by atoms with Crippen molar-refractivity contribution in [2.75, 3.05) is 12.4 Å². The van der Waals surface area contributed by atoms with Gasteiger partial charge in [-0.15, -0.1) is 0 Å². The number of fused-ring (bicyclic) bond motifs is 1. The fourth-order valence-corrected chi connectivity index (χ4v) is 4.01. The van der Waals surface area contributed by atoms with Crippen LogP contribution in [0.5, 0.6) is 5.75 Å². The average molecular weight is 529 g/mol. The van der Waals surface area contributed by atoms with Gasteiger partial charge in [-0.1, -0.05) is 18.2 Å². The number of aromatic nitrogens is 1. The number of furan rings is 1. The van der Waals surface area contributed by atoms with E-state index in [9.17, 15) is 14.9 Å². The quantitative estimate of drug-likeness (QED) is 0.152. The van der Waals surface area contributed by atoms with E-state index in [4.69, 9.17) is 25.8 Å². The van der Waals surface area contributed by atoms with Gasteiger partial charge in [-0.2, -0.15) is 0 Å². The van der Waals surface area contributed by atoms with Gasteiger partial charge in [0.25, 0.3) is 11.6 Å². The van der Waals surface area contributed by atoms with Crippen LogP contribution < -0.4 is 15.4 Å². The van der Waals surface area contributed by atoms with Gasteiger partial charge >= 0.3 is 0 Å². The van der Waals surface area contributed by atoms with Crippen LogP contribution in [0.3, 0.4) is 0 Å². The number of nitrogens with one attached hydrogen (secondary N) is 2. The van der Waals surface area contributed by atoms with E-state index in [2.05, 4.69) is 15.6 Å². The molecule has 0 radical (unpaired) electrons. The average Bonchev–Trinajstić information content (AvgIpc) is 3.57. The molecular weight excluding hydrogens is 508 g/mol. The second-order valence-corrected chi connectivity index (χ2v) is 8.64. The Kier molecular flexibility index (Phi) is 6.58. The normalized spacial score (nSPS) is 10.8. The number of benzene rings is 3. The maximum atomic E-state index is 12.7. The summed E-state index contributed by atoms with van der Waals surface area (Å²) >= 11 is 5.34. The Hall–Kier alpha value is -5.03. The highest BCUT2D eigenvalue weighted by molar-refractivity contribution is 7.80. The first-order valence-electron chi connectivity index (χ1n) is 11.3. The number of thiocarbonyl (C=S) groups is 1. The third-order valence-electron chi connectivity index (χ3n) is 5.75. The number of oxazole rings is 1. The first-order chi connectivity index (χ1) is 18.3. The predicted molar refractivity (Wildman–Crippen MR) is 145 cm³/mol. The van der Waals surface area contributed by atoms with E-state index < -0.39 is 10.8 Å². The van der Waals surface area contributed by atoms with E-state index in [-0.39, 0.29) is 27.9 Å². The molecule has 0 bridgehead atoms. The minimum absolute atomic E-state index is 0.0428. The molecule has 190 valence electrons. The molecule has 2 heterocycles. The third-order valence-corrected chi connectivity index (χ3v) is 5.95. The van der Waals surface area contributed by atoms with Gasteiger partial charge < -0.3 is 18.9 Å². The molecule has 0 aliphatic carbocycles. The zero-order chi connectivity index (χ0) is 26.8. The highest BCUT2D eigenvalue weighted by atomic mass is 32.1. The molecule has 1 amide bonds. The van der Waals surface area contributed by atoms with Crippen molar-refractivity contribution in [1.29, 1.82) is 0 Å². The Morgan fingerprint density at radius 3 is 2.66 bits per heavy atom. The van der Waals surface area contributed by atoms with Crippen LogP contribution in [0.25, 0.3) is 33.9 Å². The number of carbonyl (C=O) groups excluding carboxylic acids is 1. The van der Waals surface area contributed by atoms with Crippen LogP contribution in [-0.2, 0) is 0 Å². The molecule has 38 heavy (non-hydrogen) atoms. The van der Waals surface area contributed by atoms with Crippen LogP contribution in [0.4, 0.5) is 11.4 Å². The van der Waals surface area contributed by atoms with Gasteiger partial charge in [0.15, 0.2) is 16.5 Å². The summed E-state index contributed by atoms with van der Waals surface area (Å²) in [4.78, 5) is 28.1. The number of hydrogen-bond donors (Lipinski definition) is 2. The number of rotatable bonds is 6. The van der Waals surface area contributed by atoms with Crippen molar-refractivity contribution in [3.63, 3.8) is 0 Å². The molecule has 11 heteroatoms. The van der Waals surface area contributed by atoms with Crippen molar-refractivity contribution >= 4 is 45.7 Å². The number of nitrogens with zero attached hydrogens (tertiary/aromatic N) is 2. The number of anilines is 1. The molecular formula is C27H20N4O6S. The smallest absolute Gasteiger partial charge is 0.293 e. The van der Waals surface area contributed by atoms with E-state index in [1.54, 1.807) is 43.5 Å². The van der Waals surface area contributed by atoms with Crippen molar-refractivity contribution in [2.24, 2.45) is 0 Å². The largest absolute Gasteiger partial charge is 0.497 e. The number of methoxy groups -OCH3 is 1. The number of nitro benzene ring substituents is 1. The number of ether oxygens (including phenoxy) is 1. The zero-order valence-corrected chi connectivity index (χ0v) is 21.0. The predicted octanol–water partition coefficient (Wildman–Crippen LogP) is 6.11. The summed E-state index contributed by atoms with van der Waals surface area (Å²) in [6, 6.07) is 20.0. The summed E-state index contributed by atoms with van der Waals surface area (Å²) in [7, 11) is 1.59. The molecule has 10 nitrogen and oxygen atoms in total. The molecule has 0 aliphatic heterocycles. The number of para-hydroxylation sites is 1. The minimum atomic E-state index is -0.603. The molecule has 0 unspecified atom stereocenters. The van der Waals surface area contributed by atoms with Crippen molar-refractivity contribution < 1.29 is 23.3 Å². The lowest BCUT2D eigenvalue weighted by Gasteiger charge is -2.12. The second-order valence-electron chi connectivity index (χ2n) is 8.23. The van der Waals surface area contributed by atoms with E-state index in [1.807, 2.05) is 25.1 Å². The second kappa shape index (κ2) is 10.1. The van der Waals surface area contributed by atoms with Crippen LogP contribution >= 0.6 is 12.2 Å². The number of hydrogen-bond acceptors (Lipinski definition) is 8. The number of nitro groups is 1. The Morgan fingerprint density at radius 1 is 1.05 bits per heavy atom. The molecule has 0 saturated heterocycles. The number of carbonyl (C=O) groups is 1. The van der Waals surface area contributed by atoms with Gasteiger partial charge in [0.1, 0.15) is 17.0 Å². The minimum Gasteiger partial charge on any atom is -0.497 e. The van der Waals surface area contributed by atoms with Gasteiger partial charge in [-0.3, -0.25) is 20.2 Å². The standard InChI is InChI=1S/C27H20N4O6S/c1-15-7-8-16(26-28-20-14-17(35-2)9-10-23(20)37-26)13-19(15)29-27(38)30-25(32)24-12-11-22(36-24)18-5-3-4-6-21(18)31(33)34/h3-14H,1-2H3,(H2,29,30,32,38). The van der Waals surface area contributed by atoms with Crippen LogP contribution in [0.2, 0.25) is 0 Å². The monoisotopic (exact) mass is 528 g/mol. The van der Waals surface area contributed by atoms with Crippen molar-refractivity contribution in [2.45, 2.75) is 6.92 Å². The Bertz CT molecular complexity index is 1710. The van der Waals surface area contributed by atoms with Gasteiger partial charge in [0, 0.05) is 23.4 Å². The molecule has 0 fully saturated rings. The molecule has 0 aliphatic rings. The summed E-state index contributed by atoms with van der Waals surface area (Å²) in [5.74, 6) is 0.643. The van der Waals surface area contributed by atoms with Crippen LogP contribution in [0, 0.1) is 17.0 Å². The van der Waals surface area contributed by atoms with Crippen molar-refractivity contribution in [3.05, 3.63) is 94.2 Å². The summed E-state index contributed by atoms with van der Waals surface area (Å²) in [6.45, 7) is 1.89. The molecule has 0 spiro atoms. The molecule has 5 rings (SSSR count). The lowest BCUT2D eigenvalue weighted by atomic mass is 10.1. The molecule has 2 N–H and O–H groups in total. The topological polar surface area (TPSA) is 133 Å². The Labute approximate surface area is 221 Å².